The summed E-state index contributed by atoms with van der Waals surface area (Å²) in [5.41, 5.74) is 2.19. The molecule has 0 saturated carbocycles. The highest BCUT2D eigenvalue weighted by Gasteiger charge is 2.49. The van der Waals surface area contributed by atoms with Crippen molar-refractivity contribution in [3.8, 4) is 0 Å². The molecule has 3 rings (SSSR count). The van der Waals surface area contributed by atoms with Gasteiger partial charge in [0.2, 0.25) is 0 Å². The maximum atomic E-state index is 9.23. The topological polar surface area (TPSA) is 32.7 Å². The zero-order valence-electron chi connectivity index (χ0n) is 19.2. The second kappa shape index (κ2) is 10.4. The minimum Gasteiger partial charge on any atom is -0.406 e. The van der Waals surface area contributed by atoms with Crippen LogP contribution in [0.1, 0.15) is 31.9 Å². The van der Waals surface area contributed by atoms with Crippen molar-refractivity contribution in [2.75, 3.05) is 20.2 Å². The van der Waals surface area contributed by atoms with Crippen LogP contribution in [-0.2, 0) is 17.6 Å². The van der Waals surface area contributed by atoms with Crippen molar-refractivity contribution in [3.05, 3.63) is 96.1 Å². The number of rotatable bonds is 9. The van der Waals surface area contributed by atoms with Crippen molar-refractivity contribution < 1.29 is 9.53 Å². The summed E-state index contributed by atoms with van der Waals surface area (Å²) in [6.45, 7) is 9.41. The molecule has 3 aromatic rings. The molecule has 0 aromatic heterocycles. The van der Waals surface area contributed by atoms with Gasteiger partial charge in [0.1, 0.15) is 0 Å². The number of aliphatic hydroxyl groups excluding tert-OH is 1. The summed E-state index contributed by atoms with van der Waals surface area (Å²) >= 11 is 0. The standard InChI is InChI=1S/C27H35NO2Si/c1-27(2,3)31(25-11-7-5-8-12-25,26-13-9-6-10-14-26)30-20-19-28(4)21-23-15-17-24(22-29)18-16-23/h5-18,29H,19-22H2,1-4H3. The molecule has 164 valence electrons. The molecular weight excluding hydrogens is 398 g/mol. The Balaban J connectivity index is 1.79. The average molecular weight is 434 g/mol. The molecule has 0 unspecified atom stereocenters. The minimum absolute atomic E-state index is 0.00555. The van der Waals surface area contributed by atoms with E-state index in [4.69, 9.17) is 4.43 Å². The van der Waals surface area contributed by atoms with Crippen LogP contribution in [0.2, 0.25) is 5.04 Å². The van der Waals surface area contributed by atoms with Crippen molar-refractivity contribution in [2.24, 2.45) is 0 Å². The van der Waals surface area contributed by atoms with E-state index >= 15 is 0 Å². The molecule has 0 fully saturated rings. The monoisotopic (exact) mass is 433 g/mol. The van der Waals surface area contributed by atoms with Gasteiger partial charge in [-0.1, -0.05) is 106 Å². The molecule has 1 N–H and O–H groups in total. The second-order valence-electron chi connectivity index (χ2n) is 9.22. The Hall–Kier alpha value is -2.24. The lowest BCUT2D eigenvalue weighted by atomic mass is 10.1. The molecule has 0 amide bonds. The Kier molecular flexibility index (Phi) is 7.84. The van der Waals surface area contributed by atoms with Gasteiger partial charge in [-0.05, 0) is 33.6 Å². The summed E-state index contributed by atoms with van der Waals surface area (Å²) in [7, 11) is -0.341. The summed E-state index contributed by atoms with van der Waals surface area (Å²) in [4.78, 5) is 2.30. The van der Waals surface area contributed by atoms with Gasteiger partial charge >= 0.3 is 0 Å². The van der Waals surface area contributed by atoms with Gasteiger partial charge in [0.15, 0.2) is 0 Å². The average Bonchev–Trinajstić information content (AvgIpc) is 2.77. The Morgan fingerprint density at radius 3 is 1.71 bits per heavy atom. The molecule has 0 aliphatic heterocycles. The third kappa shape index (κ3) is 5.52. The molecule has 3 aromatic carbocycles. The lowest BCUT2D eigenvalue weighted by Gasteiger charge is -2.43. The maximum absolute atomic E-state index is 9.23. The minimum atomic E-state index is -2.48. The van der Waals surface area contributed by atoms with Crippen molar-refractivity contribution in [2.45, 2.75) is 39.0 Å². The van der Waals surface area contributed by atoms with Gasteiger partial charge in [0.25, 0.3) is 8.32 Å². The summed E-state index contributed by atoms with van der Waals surface area (Å²) in [5.74, 6) is 0. The predicted octanol–water partition coefficient (Wildman–Crippen LogP) is 4.19. The first-order chi connectivity index (χ1) is 14.9. The maximum Gasteiger partial charge on any atom is 0.261 e. The first-order valence-corrected chi connectivity index (χ1v) is 12.9. The molecule has 0 atom stereocenters. The number of hydrogen-bond acceptors (Lipinski definition) is 3. The van der Waals surface area contributed by atoms with E-state index in [2.05, 4.69) is 106 Å². The van der Waals surface area contributed by atoms with Gasteiger partial charge in [0, 0.05) is 19.7 Å². The number of nitrogens with zero attached hydrogens (tertiary/aromatic N) is 1. The van der Waals surface area contributed by atoms with Crippen LogP contribution in [0.4, 0.5) is 0 Å². The summed E-state index contributed by atoms with van der Waals surface area (Å²) in [6, 6.07) is 29.7. The number of hydrogen-bond donors (Lipinski definition) is 1. The van der Waals surface area contributed by atoms with E-state index in [1.54, 1.807) is 0 Å². The van der Waals surface area contributed by atoms with Gasteiger partial charge < -0.3 is 9.53 Å². The molecule has 0 bridgehead atoms. The van der Waals surface area contributed by atoms with Crippen molar-refractivity contribution in [1.82, 2.24) is 4.90 Å². The Morgan fingerprint density at radius 2 is 1.26 bits per heavy atom. The third-order valence-electron chi connectivity index (χ3n) is 5.87. The SMILES string of the molecule is CN(CCO[Si](c1ccccc1)(c1ccccc1)C(C)(C)C)Cc1ccc(CO)cc1. The van der Waals surface area contributed by atoms with Crippen LogP contribution < -0.4 is 10.4 Å². The Labute approximate surface area is 188 Å². The molecule has 31 heavy (non-hydrogen) atoms. The van der Waals surface area contributed by atoms with Crippen LogP contribution in [0.15, 0.2) is 84.9 Å². The largest absolute Gasteiger partial charge is 0.406 e. The fourth-order valence-corrected chi connectivity index (χ4v) is 8.81. The predicted molar refractivity (Wildman–Crippen MR) is 132 cm³/mol. The highest BCUT2D eigenvalue weighted by Crippen LogP contribution is 2.36. The Bertz CT molecular complexity index is 881. The lowest BCUT2D eigenvalue weighted by Crippen LogP contribution is -2.67. The highest BCUT2D eigenvalue weighted by atomic mass is 28.4. The molecule has 0 heterocycles. The van der Waals surface area contributed by atoms with Crippen LogP contribution in [0, 0.1) is 0 Å². The van der Waals surface area contributed by atoms with E-state index in [0.29, 0.717) is 6.61 Å². The fourth-order valence-electron chi connectivity index (χ4n) is 4.26. The van der Waals surface area contributed by atoms with Gasteiger partial charge in [-0.3, -0.25) is 4.90 Å². The second-order valence-corrected chi connectivity index (χ2v) is 13.5. The van der Waals surface area contributed by atoms with Crippen LogP contribution in [0.5, 0.6) is 0 Å². The Morgan fingerprint density at radius 1 is 0.774 bits per heavy atom. The van der Waals surface area contributed by atoms with Crippen molar-refractivity contribution in [3.63, 3.8) is 0 Å². The molecule has 0 spiro atoms. The van der Waals surface area contributed by atoms with Crippen LogP contribution in [0.3, 0.4) is 0 Å². The first kappa shape index (κ1) is 23.4. The van der Waals surface area contributed by atoms with E-state index in [1.807, 2.05) is 12.1 Å². The molecule has 0 aliphatic carbocycles. The van der Waals surface area contributed by atoms with Crippen molar-refractivity contribution >= 4 is 18.7 Å². The number of aliphatic hydroxyl groups is 1. The summed E-state index contributed by atoms with van der Waals surface area (Å²) in [5, 5.41) is 11.9. The number of benzene rings is 3. The molecule has 0 radical (unpaired) electrons. The van der Waals surface area contributed by atoms with Crippen LogP contribution >= 0.6 is 0 Å². The molecule has 4 heteroatoms. The zero-order chi connectivity index (χ0) is 22.3. The molecule has 3 nitrogen and oxygen atoms in total. The number of likely N-dealkylation sites (N-methyl/N-ethyl adjacent to an activating group) is 1. The quantitative estimate of drug-likeness (QED) is 0.514. The first-order valence-electron chi connectivity index (χ1n) is 11.0. The third-order valence-corrected chi connectivity index (χ3v) is 10.9. The molecular formula is C27H35NO2Si. The van der Waals surface area contributed by atoms with Gasteiger partial charge in [0.05, 0.1) is 6.61 Å². The van der Waals surface area contributed by atoms with E-state index in [0.717, 1.165) is 18.7 Å². The van der Waals surface area contributed by atoms with Crippen LogP contribution in [-0.4, -0.2) is 38.5 Å². The van der Waals surface area contributed by atoms with E-state index in [1.165, 1.54) is 15.9 Å². The van der Waals surface area contributed by atoms with Gasteiger partial charge in [-0.15, -0.1) is 0 Å². The summed E-state index contributed by atoms with van der Waals surface area (Å²) in [6.07, 6.45) is 0. The van der Waals surface area contributed by atoms with Gasteiger partial charge in [-0.25, -0.2) is 0 Å². The van der Waals surface area contributed by atoms with Gasteiger partial charge in [-0.2, -0.15) is 0 Å². The summed E-state index contributed by atoms with van der Waals surface area (Å²) < 4.78 is 6.98. The van der Waals surface area contributed by atoms with E-state index in [-0.39, 0.29) is 11.6 Å². The zero-order valence-corrected chi connectivity index (χ0v) is 20.2. The van der Waals surface area contributed by atoms with Crippen LogP contribution in [0.25, 0.3) is 0 Å². The normalized spacial score (nSPS) is 12.3. The molecule has 0 aliphatic rings. The molecule has 0 saturated heterocycles. The van der Waals surface area contributed by atoms with E-state index in [9.17, 15) is 5.11 Å². The smallest absolute Gasteiger partial charge is 0.261 e. The highest BCUT2D eigenvalue weighted by molar-refractivity contribution is 6.99. The fraction of sp³-hybridized carbons (Fsp3) is 0.333. The van der Waals surface area contributed by atoms with Crippen molar-refractivity contribution in [1.29, 1.82) is 0 Å². The lowest BCUT2D eigenvalue weighted by molar-refractivity contribution is 0.223. The van der Waals surface area contributed by atoms with E-state index < -0.39 is 8.32 Å².